The Hall–Kier alpha value is -1.69. The molecule has 0 saturated carbocycles. The lowest BCUT2D eigenvalue weighted by atomic mass is 10.1. The standard InChI is InChI=1S/C16H23N3O2/c1-16(20,12-19(2)3)11-17-9-14-10-21-15(18-14)13-7-5-4-6-8-13/h4-8,10,17,20H,9,11-12H2,1-3H3. The van der Waals surface area contributed by atoms with E-state index in [0.29, 0.717) is 25.5 Å². The Bertz CT molecular complexity index is 550. The van der Waals surface area contributed by atoms with Gasteiger partial charge in [-0.1, -0.05) is 18.2 Å². The van der Waals surface area contributed by atoms with Crippen molar-refractivity contribution < 1.29 is 9.52 Å². The monoisotopic (exact) mass is 289 g/mol. The largest absolute Gasteiger partial charge is 0.444 e. The van der Waals surface area contributed by atoms with E-state index in [2.05, 4.69) is 10.3 Å². The van der Waals surface area contributed by atoms with Crippen LogP contribution in [-0.2, 0) is 6.54 Å². The molecule has 1 aromatic carbocycles. The van der Waals surface area contributed by atoms with Crippen molar-refractivity contribution in [3.8, 4) is 11.5 Å². The van der Waals surface area contributed by atoms with Crippen LogP contribution in [0, 0.1) is 0 Å². The molecule has 0 spiro atoms. The van der Waals surface area contributed by atoms with Crippen LogP contribution in [0.25, 0.3) is 11.5 Å². The normalized spacial score (nSPS) is 14.3. The van der Waals surface area contributed by atoms with Crippen LogP contribution in [-0.4, -0.2) is 47.8 Å². The molecule has 0 aliphatic rings. The summed E-state index contributed by atoms with van der Waals surface area (Å²) in [5.74, 6) is 0.618. The fourth-order valence-corrected chi connectivity index (χ4v) is 2.30. The van der Waals surface area contributed by atoms with Crippen molar-refractivity contribution in [2.24, 2.45) is 0 Å². The summed E-state index contributed by atoms with van der Waals surface area (Å²) >= 11 is 0. The number of aliphatic hydroxyl groups is 1. The van der Waals surface area contributed by atoms with Crippen LogP contribution in [0.5, 0.6) is 0 Å². The van der Waals surface area contributed by atoms with E-state index in [1.807, 2.05) is 56.3 Å². The first-order valence-electron chi connectivity index (χ1n) is 7.04. The first kappa shape index (κ1) is 15.7. The minimum absolute atomic E-state index is 0.499. The van der Waals surface area contributed by atoms with Crippen molar-refractivity contribution >= 4 is 0 Å². The van der Waals surface area contributed by atoms with Crippen LogP contribution in [0.4, 0.5) is 0 Å². The summed E-state index contributed by atoms with van der Waals surface area (Å²) in [6, 6.07) is 9.80. The number of nitrogens with one attached hydrogen (secondary N) is 1. The predicted molar refractivity (Wildman–Crippen MR) is 82.8 cm³/mol. The molecule has 2 aromatic rings. The maximum Gasteiger partial charge on any atom is 0.226 e. The first-order chi connectivity index (χ1) is 9.96. The van der Waals surface area contributed by atoms with E-state index < -0.39 is 5.60 Å². The molecule has 0 bridgehead atoms. The van der Waals surface area contributed by atoms with Crippen LogP contribution in [0.2, 0.25) is 0 Å². The van der Waals surface area contributed by atoms with Gasteiger partial charge in [-0.3, -0.25) is 0 Å². The molecule has 0 saturated heterocycles. The molecule has 21 heavy (non-hydrogen) atoms. The quantitative estimate of drug-likeness (QED) is 0.813. The van der Waals surface area contributed by atoms with Gasteiger partial charge >= 0.3 is 0 Å². The number of likely N-dealkylation sites (N-methyl/N-ethyl adjacent to an activating group) is 1. The summed E-state index contributed by atoms with van der Waals surface area (Å²) in [5.41, 5.74) is 1.02. The number of nitrogens with zero attached hydrogens (tertiary/aromatic N) is 2. The molecule has 1 aromatic heterocycles. The van der Waals surface area contributed by atoms with Crippen molar-refractivity contribution in [2.45, 2.75) is 19.1 Å². The Morgan fingerprint density at radius 3 is 2.67 bits per heavy atom. The molecular weight excluding hydrogens is 266 g/mol. The zero-order valence-electron chi connectivity index (χ0n) is 12.8. The van der Waals surface area contributed by atoms with Crippen LogP contribution in [0.1, 0.15) is 12.6 Å². The molecule has 0 amide bonds. The van der Waals surface area contributed by atoms with Crippen molar-refractivity contribution in [3.05, 3.63) is 42.3 Å². The van der Waals surface area contributed by atoms with Gasteiger partial charge in [0.2, 0.25) is 5.89 Å². The Labute approximate surface area is 125 Å². The maximum absolute atomic E-state index is 10.2. The van der Waals surface area contributed by atoms with Crippen molar-refractivity contribution in [3.63, 3.8) is 0 Å². The van der Waals surface area contributed by atoms with Crippen LogP contribution in [0.15, 0.2) is 41.0 Å². The van der Waals surface area contributed by atoms with Crippen LogP contribution in [0.3, 0.4) is 0 Å². The minimum Gasteiger partial charge on any atom is -0.444 e. The zero-order chi connectivity index (χ0) is 15.3. The summed E-state index contributed by atoms with van der Waals surface area (Å²) in [6.45, 7) is 3.49. The van der Waals surface area contributed by atoms with E-state index in [0.717, 1.165) is 11.3 Å². The summed E-state index contributed by atoms with van der Waals surface area (Å²) < 4.78 is 5.48. The molecule has 0 fully saturated rings. The molecule has 1 atom stereocenters. The molecule has 5 heteroatoms. The van der Waals surface area contributed by atoms with Gasteiger partial charge in [-0.2, -0.15) is 0 Å². The first-order valence-corrected chi connectivity index (χ1v) is 7.04. The molecule has 0 radical (unpaired) electrons. The molecule has 1 unspecified atom stereocenters. The number of benzene rings is 1. The zero-order valence-corrected chi connectivity index (χ0v) is 12.8. The highest BCUT2D eigenvalue weighted by Gasteiger charge is 2.20. The molecule has 1 heterocycles. The van der Waals surface area contributed by atoms with E-state index in [4.69, 9.17) is 4.42 Å². The highest BCUT2D eigenvalue weighted by Crippen LogP contribution is 2.17. The van der Waals surface area contributed by atoms with Crippen molar-refractivity contribution in [1.29, 1.82) is 0 Å². The Morgan fingerprint density at radius 2 is 2.00 bits per heavy atom. The lowest BCUT2D eigenvalue weighted by Crippen LogP contribution is -2.45. The second kappa shape index (κ2) is 6.85. The topological polar surface area (TPSA) is 61.5 Å². The van der Waals surface area contributed by atoms with E-state index >= 15 is 0 Å². The summed E-state index contributed by atoms with van der Waals surface area (Å²) in [5, 5.41) is 13.4. The highest BCUT2D eigenvalue weighted by atomic mass is 16.3. The molecule has 0 aliphatic heterocycles. The van der Waals surface area contributed by atoms with Gasteiger partial charge < -0.3 is 19.7 Å². The second-order valence-corrected chi connectivity index (χ2v) is 5.85. The van der Waals surface area contributed by atoms with Gasteiger partial charge in [0, 0.05) is 25.2 Å². The van der Waals surface area contributed by atoms with Gasteiger partial charge in [0.25, 0.3) is 0 Å². The SMILES string of the molecule is CN(C)CC(C)(O)CNCc1coc(-c2ccccc2)n1. The van der Waals surface area contributed by atoms with Gasteiger partial charge in [0.1, 0.15) is 6.26 Å². The van der Waals surface area contributed by atoms with Crippen LogP contribution >= 0.6 is 0 Å². The molecular formula is C16H23N3O2. The van der Waals surface area contributed by atoms with Gasteiger partial charge in [0.15, 0.2) is 0 Å². The smallest absolute Gasteiger partial charge is 0.226 e. The van der Waals surface area contributed by atoms with E-state index in [1.54, 1.807) is 6.26 Å². The van der Waals surface area contributed by atoms with E-state index in [9.17, 15) is 5.11 Å². The lowest BCUT2D eigenvalue weighted by Gasteiger charge is -2.27. The molecule has 114 valence electrons. The fraction of sp³-hybridized carbons (Fsp3) is 0.438. The summed E-state index contributed by atoms with van der Waals surface area (Å²) in [6.07, 6.45) is 1.65. The average molecular weight is 289 g/mol. The van der Waals surface area contributed by atoms with E-state index in [-0.39, 0.29) is 0 Å². The number of rotatable bonds is 7. The average Bonchev–Trinajstić information content (AvgIpc) is 2.87. The van der Waals surface area contributed by atoms with Gasteiger partial charge in [-0.05, 0) is 33.2 Å². The number of oxazole rings is 1. The molecule has 2 rings (SSSR count). The van der Waals surface area contributed by atoms with Gasteiger partial charge in [0.05, 0.1) is 11.3 Å². The number of aromatic nitrogens is 1. The summed E-state index contributed by atoms with van der Waals surface area (Å²) in [7, 11) is 3.89. The third-order valence-corrected chi connectivity index (χ3v) is 3.04. The van der Waals surface area contributed by atoms with Crippen molar-refractivity contribution in [1.82, 2.24) is 15.2 Å². The third-order valence-electron chi connectivity index (χ3n) is 3.04. The minimum atomic E-state index is -0.768. The fourth-order valence-electron chi connectivity index (χ4n) is 2.30. The number of hydrogen-bond acceptors (Lipinski definition) is 5. The Morgan fingerprint density at radius 1 is 1.29 bits per heavy atom. The maximum atomic E-state index is 10.2. The molecule has 5 nitrogen and oxygen atoms in total. The second-order valence-electron chi connectivity index (χ2n) is 5.85. The third kappa shape index (κ3) is 4.97. The molecule has 0 aliphatic carbocycles. The summed E-state index contributed by atoms with van der Waals surface area (Å²) in [4.78, 5) is 6.40. The lowest BCUT2D eigenvalue weighted by molar-refractivity contribution is 0.0335. The highest BCUT2D eigenvalue weighted by molar-refractivity contribution is 5.52. The van der Waals surface area contributed by atoms with Gasteiger partial charge in [-0.25, -0.2) is 4.98 Å². The van der Waals surface area contributed by atoms with Crippen molar-refractivity contribution in [2.75, 3.05) is 27.2 Å². The number of hydrogen-bond donors (Lipinski definition) is 2. The molecule has 2 N–H and O–H groups in total. The van der Waals surface area contributed by atoms with Crippen LogP contribution < -0.4 is 5.32 Å². The Kier molecular flexibility index (Phi) is 5.12. The van der Waals surface area contributed by atoms with E-state index in [1.165, 1.54) is 0 Å². The Balaban J connectivity index is 1.86. The predicted octanol–water partition coefficient (Wildman–Crippen LogP) is 1.74. The van der Waals surface area contributed by atoms with Gasteiger partial charge in [-0.15, -0.1) is 0 Å².